The normalized spacial score (nSPS) is 17.1. The van der Waals surface area contributed by atoms with E-state index < -0.39 is 29.3 Å². The monoisotopic (exact) mass is 461 g/mol. The van der Waals surface area contributed by atoms with Gasteiger partial charge in [-0.2, -0.15) is 0 Å². The van der Waals surface area contributed by atoms with Crippen molar-refractivity contribution in [2.45, 2.75) is 19.4 Å². The van der Waals surface area contributed by atoms with Gasteiger partial charge in [-0.25, -0.2) is 4.39 Å². The van der Waals surface area contributed by atoms with E-state index in [1.165, 1.54) is 24.1 Å². The predicted octanol–water partition coefficient (Wildman–Crippen LogP) is 5.25. The van der Waals surface area contributed by atoms with Crippen molar-refractivity contribution in [1.82, 2.24) is 0 Å². The number of carbonyl (C=O) groups excluding carboxylic acids is 2. The number of nitrogens with zero attached hydrogens (tertiary/aromatic N) is 1. The number of Topliss-reactive ketones (excluding diaryl/α,β-unsaturated/α-hetero) is 1. The number of hydrogen-bond acceptors (Lipinski definition) is 5. The van der Waals surface area contributed by atoms with Gasteiger partial charge in [-0.05, 0) is 42.3 Å². The van der Waals surface area contributed by atoms with Crippen molar-refractivity contribution >= 4 is 23.1 Å². The molecule has 4 rings (SSSR count). The van der Waals surface area contributed by atoms with Crippen molar-refractivity contribution in [3.8, 4) is 11.5 Å². The van der Waals surface area contributed by atoms with Crippen molar-refractivity contribution in [1.29, 1.82) is 0 Å². The molecule has 1 atom stereocenters. The Balaban J connectivity index is 1.92. The molecule has 1 aliphatic rings. The van der Waals surface area contributed by atoms with Gasteiger partial charge in [0, 0.05) is 11.8 Å². The smallest absolute Gasteiger partial charge is 0.300 e. The van der Waals surface area contributed by atoms with Gasteiger partial charge >= 0.3 is 0 Å². The fourth-order valence-electron chi connectivity index (χ4n) is 4.00. The van der Waals surface area contributed by atoms with Crippen LogP contribution in [-0.4, -0.2) is 30.5 Å². The standard InChI is InChI=1S/C27H24FNO5/c1-3-14-34-20-11-7-10-19(16-20)29-24(17-8-5-4-6-9-17)23(26(31)27(29)32)25(30)21-15-18(28)12-13-22(21)33-2/h4-13,15-16,24,30H,3,14H2,1-2H3/b25-23+. The molecule has 0 radical (unpaired) electrons. The predicted molar refractivity (Wildman–Crippen MR) is 126 cm³/mol. The molecule has 0 aromatic heterocycles. The summed E-state index contributed by atoms with van der Waals surface area (Å²) in [5.74, 6) is -2.08. The third-order valence-corrected chi connectivity index (χ3v) is 5.55. The van der Waals surface area contributed by atoms with Crippen LogP contribution in [0.5, 0.6) is 11.5 Å². The zero-order valence-corrected chi connectivity index (χ0v) is 18.8. The summed E-state index contributed by atoms with van der Waals surface area (Å²) in [5, 5.41) is 11.2. The topological polar surface area (TPSA) is 76.1 Å². The molecule has 0 saturated carbocycles. The number of anilines is 1. The number of benzene rings is 3. The van der Waals surface area contributed by atoms with E-state index >= 15 is 0 Å². The van der Waals surface area contributed by atoms with Crippen LogP contribution >= 0.6 is 0 Å². The van der Waals surface area contributed by atoms with Crippen LogP contribution in [0.15, 0.2) is 78.4 Å². The van der Waals surface area contributed by atoms with Gasteiger partial charge in [0.2, 0.25) is 0 Å². The number of aliphatic hydroxyl groups is 1. The molecule has 1 unspecified atom stereocenters. The molecule has 6 nitrogen and oxygen atoms in total. The second-order valence-electron chi connectivity index (χ2n) is 7.77. The quantitative estimate of drug-likeness (QED) is 0.296. The van der Waals surface area contributed by atoms with E-state index in [-0.39, 0.29) is 16.9 Å². The summed E-state index contributed by atoms with van der Waals surface area (Å²) in [4.78, 5) is 27.8. The van der Waals surface area contributed by atoms with Crippen molar-refractivity contribution in [3.63, 3.8) is 0 Å². The van der Waals surface area contributed by atoms with Crippen LogP contribution < -0.4 is 14.4 Å². The SMILES string of the molecule is CCCOc1cccc(N2C(=O)C(=O)/C(=C(/O)c3cc(F)ccc3OC)C2c2ccccc2)c1. The summed E-state index contributed by atoms with van der Waals surface area (Å²) < 4.78 is 25.0. The lowest BCUT2D eigenvalue weighted by Crippen LogP contribution is -2.29. The average Bonchev–Trinajstić information content (AvgIpc) is 3.13. The minimum atomic E-state index is -0.935. The highest BCUT2D eigenvalue weighted by atomic mass is 19.1. The van der Waals surface area contributed by atoms with E-state index in [2.05, 4.69) is 0 Å². The number of ketones is 1. The number of rotatable bonds is 7. The molecule has 0 bridgehead atoms. The van der Waals surface area contributed by atoms with E-state index in [0.717, 1.165) is 12.5 Å². The fraction of sp³-hybridized carbons (Fsp3) is 0.185. The molecule has 174 valence electrons. The Morgan fingerprint density at radius 1 is 1.03 bits per heavy atom. The van der Waals surface area contributed by atoms with Gasteiger partial charge in [0.1, 0.15) is 23.1 Å². The van der Waals surface area contributed by atoms with Crippen LogP contribution in [0.1, 0.15) is 30.5 Å². The first kappa shape index (κ1) is 23.0. The summed E-state index contributed by atoms with van der Waals surface area (Å²) in [7, 11) is 1.37. The van der Waals surface area contributed by atoms with Crippen molar-refractivity contribution in [3.05, 3.63) is 95.3 Å². The van der Waals surface area contributed by atoms with Gasteiger partial charge in [0.15, 0.2) is 0 Å². The maximum Gasteiger partial charge on any atom is 0.300 e. The number of halogens is 1. The highest BCUT2D eigenvalue weighted by Crippen LogP contribution is 2.43. The van der Waals surface area contributed by atoms with E-state index in [9.17, 15) is 19.1 Å². The maximum atomic E-state index is 14.0. The molecule has 3 aromatic rings. The minimum Gasteiger partial charge on any atom is -0.507 e. The van der Waals surface area contributed by atoms with Crippen LogP contribution in [0.3, 0.4) is 0 Å². The van der Waals surface area contributed by atoms with Crippen LogP contribution in [0.2, 0.25) is 0 Å². The van der Waals surface area contributed by atoms with Crippen LogP contribution in [-0.2, 0) is 9.59 Å². The van der Waals surface area contributed by atoms with Crippen molar-refractivity contribution in [2.75, 3.05) is 18.6 Å². The molecule has 1 N–H and O–H groups in total. The molecule has 0 spiro atoms. The molecule has 1 saturated heterocycles. The summed E-state index contributed by atoms with van der Waals surface area (Å²) in [6.45, 7) is 2.49. The Hall–Kier alpha value is -4.13. The Labute approximate surface area is 196 Å². The summed E-state index contributed by atoms with van der Waals surface area (Å²) in [6.07, 6.45) is 0.814. The number of aliphatic hydroxyl groups excluding tert-OH is 1. The lowest BCUT2D eigenvalue weighted by atomic mass is 9.95. The third-order valence-electron chi connectivity index (χ3n) is 5.55. The van der Waals surface area contributed by atoms with Crippen LogP contribution in [0.25, 0.3) is 5.76 Å². The highest BCUT2D eigenvalue weighted by Gasteiger charge is 2.47. The first-order valence-electron chi connectivity index (χ1n) is 10.9. The second-order valence-corrected chi connectivity index (χ2v) is 7.77. The second kappa shape index (κ2) is 9.79. The third kappa shape index (κ3) is 4.24. The summed E-state index contributed by atoms with van der Waals surface area (Å²) in [5.41, 5.74) is 0.884. The fourth-order valence-corrected chi connectivity index (χ4v) is 4.00. The Morgan fingerprint density at radius 3 is 2.50 bits per heavy atom. The van der Waals surface area contributed by atoms with E-state index in [0.29, 0.717) is 23.6 Å². The summed E-state index contributed by atoms with van der Waals surface area (Å²) >= 11 is 0. The largest absolute Gasteiger partial charge is 0.507 e. The van der Waals surface area contributed by atoms with E-state index in [4.69, 9.17) is 9.47 Å². The number of hydrogen-bond donors (Lipinski definition) is 1. The zero-order valence-electron chi connectivity index (χ0n) is 18.8. The lowest BCUT2D eigenvalue weighted by molar-refractivity contribution is -0.132. The Morgan fingerprint density at radius 2 is 1.79 bits per heavy atom. The van der Waals surface area contributed by atoms with E-state index in [1.807, 2.05) is 13.0 Å². The molecular weight excluding hydrogens is 437 g/mol. The van der Waals surface area contributed by atoms with Gasteiger partial charge < -0.3 is 14.6 Å². The first-order valence-corrected chi connectivity index (χ1v) is 10.9. The van der Waals surface area contributed by atoms with E-state index in [1.54, 1.807) is 48.5 Å². The van der Waals surface area contributed by atoms with Gasteiger partial charge in [-0.3, -0.25) is 14.5 Å². The number of ether oxygens (including phenoxy) is 2. The molecule has 3 aromatic carbocycles. The number of amides is 1. The Kier molecular flexibility index (Phi) is 6.63. The van der Waals surface area contributed by atoms with Crippen molar-refractivity contribution < 1.29 is 28.6 Å². The van der Waals surface area contributed by atoms with Gasteiger partial charge in [0.05, 0.1) is 30.9 Å². The Bertz CT molecular complexity index is 1250. The molecular formula is C27H24FNO5. The molecule has 0 aliphatic carbocycles. The molecule has 34 heavy (non-hydrogen) atoms. The highest BCUT2D eigenvalue weighted by molar-refractivity contribution is 6.51. The zero-order chi connectivity index (χ0) is 24.2. The van der Waals surface area contributed by atoms with Crippen LogP contribution in [0, 0.1) is 5.82 Å². The van der Waals surface area contributed by atoms with Crippen LogP contribution in [0.4, 0.5) is 10.1 Å². The molecule has 7 heteroatoms. The maximum absolute atomic E-state index is 14.0. The van der Waals surface area contributed by atoms with Gasteiger partial charge in [0.25, 0.3) is 11.7 Å². The molecule has 1 heterocycles. The number of methoxy groups -OCH3 is 1. The molecule has 1 fully saturated rings. The van der Waals surface area contributed by atoms with Crippen molar-refractivity contribution in [2.24, 2.45) is 0 Å². The van der Waals surface area contributed by atoms with Gasteiger partial charge in [-0.1, -0.05) is 43.3 Å². The van der Waals surface area contributed by atoms with Gasteiger partial charge in [-0.15, -0.1) is 0 Å². The summed E-state index contributed by atoms with van der Waals surface area (Å²) in [6, 6.07) is 18.4. The molecule has 1 amide bonds. The number of carbonyl (C=O) groups is 2. The first-order chi connectivity index (χ1) is 16.5. The average molecular weight is 461 g/mol. The minimum absolute atomic E-state index is 0.0125. The molecule has 1 aliphatic heterocycles. The lowest BCUT2D eigenvalue weighted by Gasteiger charge is -2.26.